The van der Waals surface area contributed by atoms with Crippen molar-refractivity contribution in [1.82, 2.24) is 4.90 Å². The number of esters is 1. The minimum atomic E-state index is -0.317. The Kier molecular flexibility index (Phi) is 8.40. The number of Topliss-reactive ketones (excluding diaryl/α,β-unsaturated/α-hetero) is 1. The zero-order chi connectivity index (χ0) is 27.2. The Bertz CT molecular complexity index is 1230. The Morgan fingerprint density at radius 3 is 2.47 bits per heavy atom. The highest BCUT2D eigenvalue weighted by molar-refractivity contribution is 6.14. The second-order valence-electron chi connectivity index (χ2n) is 8.78. The number of fused-ring (bicyclic) bond motifs is 1. The maximum Gasteiger partial charge on any atom is 0.310 e. The van der Waals surface area contributed by atoms with Crippen LogP contribution in [-0.4, -0.2) is 70.2 Å². The first-order valence-electron chi connectivity index (χ1n) is 12.3. The van der Waals surface area contributed by atoms with Crippen molar-refractivity contribution in [1.29, 1.82) is 0 Å². The molecule has 2 aliphatic rings. The van der Waals surface area contributed by atoms with E-state index in [1.54, 1.807) is 48.2 Å². The fraction of sp³-hybridized carbons (Fsp3) is 0.393. The van der Waals surface area contributed by atoms with Crippen molar-refractivity contribution in [3.05, 3.63) is 47.2 Å². The number of allylic oxidation sites excluding steroid dienone is 1. The lowest BCUT2D eigenvalue weighted by atomic mass is 9.98. The van der Waals surface area contributed by atoms with Crippen LogP contribution >= 0.6 is 0 Å². The van der Waals surface area contributed by atoms with E-state index in [1.807, 2.05) is 0 Å². The van der Waals surface area contributed by atoms with Crippen LogP contribution in [0.15, 0.2) is 36.1 Å². The fourth-order valence-electron chi connectivity index (χ4n) is 4.49. The van der Waals surface area contributed by atoms with Gasteiger partial charge < -0.3 is 33.3 Å². The molecule has 2 aromatic carbocycles. The number of ether oxygens (including phenoxy) is 6. The summed E-state index contributed by atoms with van der Waals surface area (Å²) in [6.45, 7) is 2.76. The van der Waals surface area contributed by atoms with Crippen LogP contribution in [-0.2, 0) is 14.3 Å². The molecule has 1 unspecified atom stereocenters. The molecule has 4 rings (SSSR count). The van der Waals surface area contributed by atoms with Gasteiger partial charge in [0.1, 0.15) is 11.5 Å². The lowest BCUT2D eigenvalue weighted by Crippen LogP contribution is -2.44. The summed E-state index contributed by atoms with van der Waals surface area (Å²) in [4.78, 5) is 39.3. The minimum Gasteiger partial charge on any atom is -0.493 e. The Hall–Kier alpha value is -4.21. The molecule has 0 radical (unpaired) electrons. The van der Waals surface area contributed by atoms with Crippen molar-refractivity contribution in [2.24, 2.45) is 5.92 Å². The first-order chi connectivity index (χ1) is 18.4. The van der Waals surface area contributed by atoms with Crippen molar-refractivity contribution in [2.75, 3.05) is 47.6 Å². The number of ketones is 1. The van der Waals surface area contributed by atoms with Gasteiger partial charge in [0.25, 0.3) is 5.91 Å². The van der Waals surface area contributed by atoms with Gasteiger partial charge in [-0.25, -0.2) is 0 Å². The number of piperidine rings is 1. The largest absolute Gasteiger partial charge is 0.493 e. The normalized spacial score (nSPS) is 17.5. The summed E-state index contributed by atoms with van der Waals surface area (Å²) in [5.74, 6) is 1.08. The van der Waals surface area contributed by atoms with Gasteiger partial charge in [-0.2, -0.15) is 0 Å². The van der Waals surface area contributed by atoms with Gasteiger partial charge in [0.2, 0.25) is 11.5 Å². The Labute approximate surface area is 221 Å². The minimum absolute atomic E-state index is 0.126. The van der Waals surface area contributed by atoms with Crippen LogP contribution in [0.5, 0.6) is 28.7 Å². The smallest absolute Gasteiger partial charge is 0.310 e. The molecule has 202 valence electrons. The molecule has 2 heterocycles. The van der Waals surface area contributed by atoms with Gasteiger partial charge in [0.05, 0.1) is 39.4 Å². The predicted octanol–water partition coefficient (Wildman–Crippen LogP) is 3.51. The third-order valence-electron chi connectivity index (χ3n) is 6.38. The molecular weight excluding hydrogens is 494 g/mol. The number of likely N-dealkylation sites (tertiary alicyclic amines) is 1. The quantitative estimate of drug-likeness (QED) is 0.359. The molecule has 0 N–H and O–H groups in total. The van der Waals surface area contributed by atoms with E-state index < -0.39 is 0 Å². The number of carbonyl (C=O) groups is 3. The summed E-state index contributed by atoms with van der Waals surface area (Å²) in [7, 11) is 4.54. The molecule has 1 fully saturated rings. The number of benzene rings is 2. The van der Waals surface area contributed by atoms with Gasteiger partial charge in [0.15, 0.2) is 23.9 Å². The Balaban J connectivity index is 1.42. The summed E-state index contributed by atoms with van der Waals surface area (Å²) in [6, 6.07) is 8.22. The number of amides is 1. The first kappa shape index (κ1) is 26.8. The molecular formula is C28H31NO9. The number of hydrogen-bond acceptors (Lipinski definition) is 9. The maximum atomic E-state index is 12.9. The third kappa shape index (κ3) is 5.69. The summed E-state index contributed by atoms with van der Waals surface area (Å²) < 4.78 is 32.7. The molecule has 1 atom stereocenters. The zero-order valence-corrected chi connectivity index (χ0v) is 21.9. The highest BCUT2D eigenvalue weighted by Gasteiger charge is 2.30. The van der Waals surface area contributed by atoms with E-state index in [9.17, 15) is 14.4 Å². The summed E-state index contributed by atoms with van der Waals surface area (Å²) in [5.41, 5.74) is 1.01. The van der Waals surface area contributed by atoms with Crippen molar-refractivity contribution in [3.63, 3.8) is 0 Å². The molecule has 0 bridgehead atoms. The molecule has 38 heavy (non-hydrogen) atoms. The van der Waals surface area contributed by atoms with Gasteiger partial charge in [-0.1, -0.05) is 0 Å². The SMILES string of the molecule is CCOC(=O)C1CCCN(C(=O)COc2ccc3c(c2)O/C(=C\c2cc(OC)c(OC)c(OC)c2)C3=O)C1. The van der Waals surface area contributed by atoms with E-state index in [4.69, 9.17) is 28.4 Å². The fourth-order valence-corrected chi connectivity index (χ4v) is 4.49. The van der Waals surface area contributed by atoms with Crippen molar-refractivity contribution < 1.29 is 42.8 Å². The second kappa shape index (κ2) is 11.9. The van der Waals surface area contributed by atoms with Crippen LogP contribution in [0.2, 0.25) is 0 Å². The maximum absolute atomic E-state index is 12.9. The van der Waals surface area contributed by atoms with E-state index in [2.05, 4.69) is 0 Å². The number of carbonyl (C=O) groups excluding carboxylic acids is 3. The van der Waals surface area contributed by atoms with E-state index in [0.29, 0.717) is 66.0 Å². The van der Waals surface area contributed by atoms with Crippen LogP contribution in [0.4, 0.5) is 0 Å². The van der Waals surface area contributed by atoms with Crippen molar-refractivity contribution >= 4 is 23.7 Å². The predicted molar refractivity (Wildman–Crippen MR) is 137 cm³/mol. The Morgan fingerprint density at radius 2 is 1.82 bits per heavy atom. The van der Waals surface area contributed by atoms with Crippen LogP contribution < -0.4 is 23.7 Å². The summed E-state index contributed by atoms with van der Waals surface area (Å²) in [6.07, 6.45) is 3.02. The highest BCUT2D eigenvalue weighted by atomic mass is 16.5. The molecule has 10 nitrogen and oxygen atoms in total. The van der Waals surface area contributed by atoms with Crippen molar-refractivity contribution in [3.8, 4) is 28.7 Å². The van der Waals surface area contributed by atoms with Gasteiger partial charge in [-0.3, -0.25) is 14.4 Å². The van der Waals surface area contributed by atoms with Crippen LogP contribution in [0, 0.1) is 5.92 Å². The van der Waals surface area contributed by atoms with E-state index >= 15 is 0 Å². The van der Waals surface area contributed by atoms with Gasteiger partial charge >= 0.3 is 5.97 Å². The second-order valence-corrected chi connectivity index (χ2v) is 8.78. The monoisotopic (exact) mass is 525 g/mol. The molecule has 2 aliphatic heterocycles. The van der Waals surface area contributed by atoms with Crippen LogP contribution in [0.1, 0.15) is 35.7 Å². The molecule has 0 spiro atoms. The molecule has 2 aromatic rings. The third-order valence-corrected chi connectivity index (χ3v) is 6.38. The molecule has 10 heteroatoms. The average molecular weight is 526 g/mol. The van der Waals surface area contributed by atoms with Crippen LogP contribution in [0.25, 0.3) is 6.08 Å². The van der Waals surface area contributed by atoms with E-state index in [1.165, 1.54) is 21.3 Å². The molecule has 0 aliphatic carbocycles. The zero-order valence-electron chi connectivity index (χ0n) is 21.9. The molecule has 0 saturated carbocycles. The Morgan fingerprint density at radius 1 is 1.08 bits per heavy atom. The van der Waals surface area contributed by atoms with E-state index in [-0.39, 0.29) is 35.9 Å². The molecule has 1 amide bonds. The van der Waals surface area contributed by atoms with Gasteiger partial charge in [-0.05, 0) is 55.7 Å². The number of hydrogen-bond donors (Lipinski definition) is 0. The summed E-state index contributed by atoms with van der Waals surface area (Å²) in [5, 5.41) is 0. The lowest BCUT2D eigenvalue weighted by Gasteiger charge is -2.31. The molecule has 1 saturated heterocycles. The average Bonchev–Trinajstić information content (AvgIpc) is 3.25. The van der Waals surface area contributed by atoms with Crippen molar-refractivity contribution in [2.45, 2.75) is 19.8 Å². The van der Waals surface area contributed by atoms with E-state index in [0.717, 1.165) is 6.42 Å². The number of nitrogens with zero attached hydrogens (tertiary/aromatic N) is 1. The van der Waals surface area contributed by atoms with Gasteiger partial charge in [0, 0.05) is 19.2 Å². The topological polar surface area (TPSA) is 110 Å². The standard InChI is InChI=1S/C28H31NO9/c1-5-36-28(32)18-7-6-10-29(15-18)25(30)16-37-19-8-9-20-21(14-19)38-22(26(20)31)11-17-12-23(33-2)27(35-4)24(13-17)34-3/h8-9,11-14,18H,5-7,10,15-16H2,1-4H3/b22-11-. The molecule has 0 aromatic heterocycles. The number of methoxy groups -OCH3 is 3. The highest BCUT2D eigenvalue weighted by Crippen LogP contribution is 2.40. The summed E-state index contributed by atoms with van der Waals surface area (Å²) >= 11 is 0. The lowest BCUT2D eigenvalue weighted by molar-refractivity contribution is -0.151. The first-order valence-corrected chi connectivity index (χ1v) is 12.3. The van der Waals surface area contributed by atoms with Crippen LogP contribution in [0.3, 0.4) is 0 Å². The number of rotatable bonds is 9. The van der Waals surface area contributed by atoms with Gasteiger partial charge in [-0.15, -0.1) is 0 Å².